The minimum Gasteiger partial charge on any atom is -0.356 e. The SMILES string of the molecule is CCN(CCCNC(=O)C1(C)CCCNC1)S(C)(=O)=O. The molecule has 1 rings (SSSR count). The van der Waals surface area contributed by atoms with Crippen molar-refractivity contribution in [1.82, 2.24) is 14.9 Å². The Bertz CT molecular complexity index is 417. The van der Waals surface area contributed by atoms with E-state index in [1.165, 1.54) is 10.6 Å². The number of carbonyl (C=O) groups excluding carboxylic acids is 1. The van der Waals surface area contributed by atoms with E-state index in [0.29, 0.717) is 32.6 Å². The van der Waals surface area contributed by atoms with Crippen molar-refractivity contribution in [3.05, 3.63) is 0 Å². The number of nitrogens with zero attached hydrogens (tertiary/aromatic N) is 1. The fourth-order valence-corrected chi connectivity index (χ4v) is 3.41. The van der Waals surface area contributed by atoms with Crippen LogP contribution in [0, 0.1) is 5.41 Å². The van der Waals surface area contributed by atoms with Gasteiger partial charge in [-0.3, -0.25) is 4.79 Å². The zero-order valence-electron chi connectivity index (χ0n) is 12.7. The van der Waals surface area contributed by atoms with E-state index in [0.717, 1.165) is 19.4 Å². The van der Waals surface area contributed by atoms with Gasteiger partial charge in [-0.1, -0.05) is 6.92 Å². The summed E-state index contributed by atoms with van der Waals surface area (Å²) in [6, 6.07) is 0. The average Bonchev–Trinajstić information content (AvgIpc) is 2.37. The summed E-state index contributed by atoms with van der Waals surface area (Å²) < 4.78 is 24.3. The van der Waals surface area contributed by atoms with Gasteiger partial charge in [-0.15, -0.1) is 0 Å². The molecule has 1 amide bonds. The number of sulfonamides is 1. The van der Waals surface area contributed by atoms with E-state index < -0.39 is 10.0 Å². The highest BCUT2D eigenvalue weighted by atomic mass is 32.2. The van der Waals surface area contributed by atoms with E-state index in [1.807, 2.05) is 13.8 Å². The van der Waals surface area contributed by atoms with Crippen LogP contribution in [0.3, 0.4) is 0 Å². The molecule has 0 aliphatic carbocycles. The Kier molecular flexibility index (Phi) is 6.42. The van der Waals surface area contributed by atoms with Crippen LogP contribution in [-0.2, 0) is 14.8 Å². The van der Waals surface area contributed by atoms with Crippen LogP contribution >= 0.6 is 0 Å². The number of rotatable bonds is 7. The number of nitrogens with one attached hydrogen (secondary N) is 2. The minimum atomic E-state index is -3.14. The van der Waals surface area contributed by atoms with Gasteiger partial charge in [0, 0.05) is 26.2 Å². The van der Waals surface area contributed by atoms with Crippen molar-refractivity contribution in [1.29, 1.82) is 0 Å². The summed E-state index contributed by atoms with van der Waals surface area (Å²) in [5.41, 5.74) is -0.334. The van der Waals surface area contributed by atoms with E-state index in [4.69, 9.17) is 0 Å². The maximum absolute atomic E-state index is 12.1. The van der Waals surface area contributed by atoms with E-state index in [9.17, 15) is 13.2 Å². The summed E-state index contributed by atoms with van der Waals surface area (Å²) in [4.78, 5) is 12.1. The summed E-state index contributed by atoms with van der Waals surface area (Å²) in [5.74, 6) is 0.0621. The van der Waals surface area contributed by atoms with Crippen LogP contribution in [0.2, 0.25) is 0 Å². The highest BCUT2D eigenvalue weighted by Crippen LogP contribution is 2.25. The molecule has 7 heteroatoms. The van der Waals surface area contributed by atoms with Crippen molar-refractivity contribution in [2.75, 3.05) is 39.0 Å². The molecular formula is C13H27N3O3S. The predicted octanol–water partition coefficient (Wildman–Crippen LogP) is 0.164. The molecule has 1 aliphatic heterocycles. The molecule has 0 spiro atoms. The second-order valence-corrected chi connectivity index (χ2v) is 7.69. The van der Waals surface area contributed by atoms with Gasteiger partial charge in [0.05, 0.1) is 11.7 Å². The van der Waals surface area contributed by atoms with Gasteiger partial charge in [0.1, 0.15) is 0 Å². The van der Waals surface area contributed by atoms with Gasteiger partial charge in [-0.25, -0.2) is 12.7 Å². The molecule has 118 valence electrons. The van der Waals surface area contributed by atoms with Crippen molar-refractivity contribution in [2.45, 2.75) is 33.1 Å². The lowest BCUT2D eigenvalue weighted by Crippen LogP contribution is -2.49. The molecule has 0 aromatic heterocycles. The number of hydrogen-bond donors (Lipinski definition) is 2. The molecule has 1 fully saturated rings. The second-order valence-electron chi connectivity index (χ2n) is 5.71. The van der Waals surface area contributed by atoms with Crippen LogP contribution in [0.4, 0.5) is 0 Å². The average molecular weight is 305 g/mol. The fourth-order valence-electron chi connectivity index (χ4n) is 2.48. The Hall–Kier alpha value is -0.660. The molecule has 1 heterocycles. The second kappa shape index (κ2) is 7.38. The van der Waals surface area contributed by atoms with Crippen LogP contribution in [0.5, 0.6) is 0 Å². The molecule has 20 heavy (non-hydrogen) atoms. The third-order valence-electron chi connectivity index (χ3n) is 3.84. The Morgan fingerprint density at radius 1 is 1.45 bits per heavy atom. The van der Waals surface area contributed by atoms with Crippen molar-refractivity contribution >= 4 is 15.9 Å². The van der Waals surface area contributed by atoms with Crippen molar-refractivity contribution < 1.29 is 13.2 Å². The molecule has 0 radical (unpaired) electrons. The van der Waals surface area contributed by atoms with Crippen LogP contribution in [0.15, 0.2) is 0 Å². The third-order valence-corrected chi connectivity index (χ3v) is 5.22. The lowest BCUT2D eigenvalue weighted by atomic mass is 9.82. The van der Waals surface area contributed by atoms with Crippen LogP contribution < -0.4 is 10.6 Å². The van der Waals surface area contributed by atoms with Gasteiger partial charge < -0.3 is 10.6 Å². The van der Waals surface area contributed by atoms with Gasteiger partial charge in [0.2, 0.25) is 15.9 Å². The molecule has 1 atom stereocenters. The standard InChI is InChI=1S/C13H27N3O3S/c1-4-16(20(3,18)19)10-6-9-15-12(17)13(2)7-5-8-14-11-13/h14H,4-11H2,1-3H3,(H,15,17). The molecule has 0 aromatic carbocycles. The molecule has 0 bridgehead atoms. The Morgan fingerprint density at radius 3 is 2.65 bits per heavy atom. The van der Waals surface area contributed by atoms with Crippen LogP contribution in [-0.4, -0.2) is 57.6 Å². The van der Waals surface area contributed by atoms with E-state index >= 15 is 0 Å². The van der Waals surface area contributed by atoms with Crippen LogP contribution in [0.25, 0.3) is 0 Å². The quantitative estimate of drug-likeness (QED) is 0.657. The maximum atomic E-state index is 12.1. The summed E-state index contributed by atoms with van der Waals surface area (Å²) in [6.07, 6.45) is 3.76. The molecule has 2 N–H and O–H groups in total. The lowest BCUT2D eigenvalue weighted by Gasteiger charge is -2.32. The zero-order valence-corrected chi connectivity index (χ0v) is 13.6. The highest BCUT2D eigenvalue weighted by molar-refractivity contribution is 7.88. The first-order valence-electron chi connectivity index (χ1n) is 7.24. The topological polar surface area (TPSA) is 78.5 Å². The molecule has 1 unspecified atom stereocenters. The number of carbonyl (C=O) groups is 1. The summed E-state index contributed by atoms with van der Waals surface area (Å²) in [5, 5.41) is 6.17. The maximum Gasteiger partial charge on any atom is 0.227 e. The third kappa shape index (κ3) is 5.03. The molecule has 1 saturated heterocycles. The fraction of sp³-hybridized carbons (Fsp3) is 0.923. The smallest absolute Gasteiger partial charge is 0.227 e. The van der Waals surface area contributed by atoms with Gasteiger partial charge in [-0.2, -0.15) is 0 Å². The number of hydrogen-bond acceptors (Lipinski definition) is 4. The largest absolute Gasteiger partial charge is 0.356 e. The first-order chi connectivity index (χ1) is 9.29. The monoisotopic (exact) mass is 305 g/mol. The Labute approximate surface area is 122 Å². The Balaban J connectivity index is 2.32. The first-order valence-corrected chi connectivity index (χ1v) is 9.08. The summed E-state index contributed by atoms with van der Waals surface area (Å²) in [6.45, 7) is 6.91. The number of piperidine rings is 1. The molecule has 6 nitrogen and oxygen atoms in total. The Morgan fingerprint density at radius 2 is 2.15 bits per heavy atom. The normalized spacial score (nSPS) is 23.8. The summed E-state index contributed by atoms with van der Waals surface area (Å²) >= 11 is 0. The number of amides is 1. The molecule has 1 aliphatic rings. The highest BCUT2D eigenvalue weighted by Gasteiger charge is 2.34. The molecule has 0 saturated carbocycles. The minimum absolute atomic E-state index is 0.0621. The van der Waals surface area contributed by atoms with Crippen molar-refractivity contribution in [2.24, 2.45) is 5.41 Å². The van der Waals surface area contributed by atoms with E-state index in [1.54, 1.807) is 0 Å². The molecule has 0 aromatic rings. The van der Waals surface area contributed by atoms with Crippen LogP contribution in [0.1, 0.15) is 33.1 Å². The lowest BCUT2D eigenvalue weighted by molar-refractivity contribution is -0.131. The van der Waals surface area contributed by atoms with Gasteiger partial charge in [-0.05, 0) is 32.7 Å². The zero-order chi connectivity index (χ0) is 15.2. The van der Waals surface area contributed by atoms with Crippen molar-refractivity contribution in [3.63, 3.8) is 0 Å². The predicted molar refractivity (Wildman–Crippen MR) is 79.9 cm³/mol. The van der Waals surface area contributed by atoms with E-state index in [2.05, 4.69) is 10.6 Å². The van der Waals surface area contributed by atoms with Crippen molar-refractivity contribution in [3.8, 4) is 0 Å². The first kappa shape index (κ1) is 17.4. The molecular weight excluding hydrogens is 278 g/mol. The summed E-state index contributed by atoms with van der Waals surface area (Å²) in [7, 11) is -3.14. The van der Waals surface area contributed by atoms with Gasteiger partial charge in [0.15, 0.2) is 0 Å². The van der Waals surface area contributed by atoms with E-state index in [-0.39, 0.29) is 11.3 Å². The van der Waals surface area contributed by atoms with Gasteiger partial charge >= 0.3 is 0 Å². The van der Waals surface area contributed by atoms with Gasteiger partial charge in [0.25, 0.3) is 0 Å².